The minimum absolute atomic E-state index is 0.402. The Morgan fingerprint density at radius 2 is 2.26 bits per heavy atom. The van der Waals surface area contributed by atoms with Crippen LogP contribution in [0.25, 0.3) is 11.0 Å². The molecule has 2 heterocycles. The van der Waals surface area contributed by atoms with Crippen molar-refractivity contribution in [2.24, 2.45) is 0 Å². The molecule has 0 unspecified atom stereocenters. The number of carbonyl (C=O) groups excluding carboxylic acids is 1. The van der Waals surface area contributed by atoms with Crippen molar-refractivity contribution in [3.8, 4) is 0 Å². The highest BCUT2D eigenvalue weighted by molar-refractivity contribution is 14.1. The highest BCUT2D eigenvalue weighted by Gasteiger charge is 2.15. The molecule has 0 aliphatic carbocycles. The molecule has 0 radical (unpaired) electrons. The Morgan fingerprint density at radius 3 is 2.95 bits per heavy atom. The average Bonchev–Trinajstić information content (AvgIpc) is 2.66. The normalized spacial score (nSPS) is 11.6. The molecular weight excluding hydrogens is 357 g/mol. The van der Waals surface area contributed by atoms with E-state index in [4.69, 9.17) is 4.74 Å². The Morgan fingerprint density at radius 1 is 1.53 bits per heavy atom. The highest BCUT2D eigenvalue weighted by atomic mass is 127. The van der Waals surface area contributed by atoms with E-state index in [1.807, 2.05) is 33.0 Å². The van der Waals surface area contributed by atoms with Gasteiger partial charge in [0.1, 0.15) is 11.2 Å². The van der Waals surface area contributed by atoms with E-state index in [0.29, 0.717) is 6.54 Å². The van der Waals surface area contributed by atoms with Crippen LogP contribution in [0.4, 0.5) is 4.79 Å². The lowest BCUT2D eigenvalue weighted by atomic mass is 10.2. The monoisotopic (exact) mass is 373 g/mol. The number of hydrogen-bond acceptors (Lipinski definition) is 3. The minimum Gasteiger partial charge on any atom is -0.444 e. The van der Waals surface area contributed by atoms with E-state index in [1.165, 1.54) is 0 Å². The maximum Gasteiger partial charge on any atom is 0.407 e. The molecule has 2 rings (SSSR count). The Hall–Kier alpha value is -1.31. The maximum absolute atomic E-state index is 11.6. The number of alkyl carbamates (subject to hydrolysis) is 1. The van der Waals surface area contributed by atoms with E-state index in [-0.39, 0.29) is 0 Å². The summed E-state index contributed by atoms with van der Waals surface area (Å²) in [5.74, 6) is 0. The number of H-pyrrole nitrogens is 1. The van der Waals surface area contributed by atoms with Gasteiger partial charge in [-0.05, 0) is 55.0 Å². The number of aromatic nitrogens is 2. The van der Waals surface area contributed by atoms with Gasteiger partial charge in [0.05, 0.1) is 0 Å². The third kappa shape index (κ3) is 3.82. The summed E-state index contributed by atoms with van der Waals surface area (Å²) in [7, 11) is 0. The lowest BCUT2D eigenvalue weighted by Gasteiger charge is -2.19. The van der Waals surface area contributed by atoms with Crippen molar-refractivity contribution < 1.29 is 9.53 Å². The molecule has 102 valence electrons. The van der Waals surface area contributed by atoms with Gasteiger partial charge in [0.25, 0.3) is 0 Å². The number of aromatic amines is 1. The van der Waals surface area contributed by atoms with E-state index in [1.54, 1.807) is 6.20 Å². The van der Waals surface area contributed by atoms with Crippen LogP contribution in [0.3, 0.4) is 0 Å². The lowest BCUT2D eigenvalue weighted by Crippen LogP contribution is -2.32. The van der Waals surface area contributed by atoms with Gasteiger partial charge in [0, 0.05) is 27.9 Å². The summed E-state index contributed by atoms with van der Waals surface area (Å²) < 4.78 is 6.29. The van der Waals surface area contributed by atoms with Crippen LogP contribution >= 0.6 is 22.6 Å². The maximum atomic E-state index is 11.6. The van der Waals surface area contributed by atoms with Crippen molar-refractivity contribution in [3.63, 3.8) is 0 Å². The molecule has 5 nitrogen and oxygen atoms in total. The molecule has 1 amide bonds. The molecule has 0 aliphatic rings. The Labute approximate surface area is 125 Å². The van der Waals surface area contributed by atoms with E-state index in [2.05, 4.69) is 37.9 Å². The molecule has 0 bridgehead atoms. The molecule has 0 aromatic carbocycles. The molecule has 2 N–H and O–H groups in total. The smallest absolute Gasteiger partial charge is 0.407 e. The van der Waals surface area contributed by atoms with E-state index in [9.17, 15) is 4.79 Å². The van der Waals surface area contributed by atoms with Crippen molar-refractivity contribution in [1.29, 1.82) is 0 Å². The van der Waals surface area contributed by atoms with Crippen LogP contribution in [-0.2, 0) is 11.3 Å². The van der Waals surface area contributed by atoms with Gasteiger partial charge in [-0.25, -0.2) is 9.78 Å². The molecule has 6 heteroatoms. The molecule has 0 saturated heterocycles. The summed E-state index contributed by atoms with van der Waals surface area (Å²) in [5.41, 5.74) is 1.31. The number of rotatable bonds is 2. The minimum atomic E-state index is -0.484. The Kier molecular flexibility index (Phi) is 3.98. The lowest BCUT2D eigenvalue weighted by molar-refractivity contribution is 0.0523. The quantitative estimate of drug-likeness (QED) is 0.795. The molecule has 2 aromatic rings. The fraction of sp³-hybridized carbons (Fsp3) is 0.385. The number of hydrogen-bond donors (Lipinski definition) is 2. The van der Waals surface area contributed by atoms with Crippen molar-refractivity contribution in [3.05, 3.63) is 27.6 Å². The van der Waals surface area contributed by atoms with Crippen LogP contribution in [0.2, 0.25) is 0 Å². The predicted octanol–water partition coefficient (Wildman–Crippen LogP) is 3.19. The largest absolute Gasteiger partial charge is 0.444 e. The summed E-state index contributed by atoms with van der Waals surface area (Å²) in [6.45, 7) is 5.91. The fourth-order valence-corrected chi connectivity index (χ4v) is 2.17. The first kappa shape index (κ1) is 14.1. The van der Waals surface area contributed by atoms with Crippen LogP contribution < -0.4 is 5.32 Å². The number of nitrogens with one attached hydrogen (secondary N) is 2. The van der Waals surface area contributed by atoms with Gasteiger partial charge in [0.15, 0.2) is 0 Å². The molecule has 0 fully saturated rings. The number of pyridine rings is 1. The fourth-order valence-electron chi connectivity index (χ4n) is 1.60. The summed E-state index contributed by atoms with van der Waals surface area (Å²) in [5, 5.41) is 3.78. The molecular formula is C13H16IN3O2. The average molecular weight is 373 g/mol. The second kappa shape index (κ2) is 5.36. The number of halogens is 1. The first-order valence-electron chi connectivity index (χ1n) is 5.93. The second-order valence-electron chi connectivity index (χ2n) is 5.23. The third-order valence-electron chi connectivity index (χ3n) is 2.37. The van der Waals surface area contributed by atoms with Crippen LogP contribution in [0.15, 0.2) is 18.5 Å². The second-order valence-corrected chi connectivity index (χ2v) is 6.39. The zero-order chi connectivity index (χ0) is 14.0. The van der Waals surface area contributed by atoms with Gasteiger partial charge in [-0.3, -0.25) is 0 Å². The summed E-state index contributed by atoms with van der Waals surface area (Å²) in [6.07, 6.45) is 3.23. The van der Waals surface area contributed by atoms with Crippen LogP contribution in [0, 0.1) is 3.57 Å². The van der Waals surface area contributed by atoms with Gasteiger partial charge in [-0.1, -0.05) is 0 Å². The van der Waals surface area contributed by atoms with E-state index < -0.39 is 11.7 Å². The van der Waals surface area contributed by atoms with Gasteiger partial charge in [-0.15, -0.1) is 0 Å². The van der Waals surface area contributed by atoms with Crippen LogP contribution in [0.5, 0.6) is 0 Å². The Balaban J connectivity index is 2.02. The summed E-state index contributed by atoms with van der Waals surface area (Å²) >= 11 is 2.25. The van der Waals surface area contributed by atoms with E-state index in [0.717, 1.165) is 20.2 Å². The number of nitrogens with zero attached hydrogens (tertiary/aromatic N) is 1. The predicted molar refractivity (Wildman–Crippen MR) is 81.9 cm³/mol. The number of fused-ring (bicyclic) bond motifs is 1. The van der Waals surface area contributed by atoms with Crippen molar-refractivity contribution in [2.45, 2.75) is 32.9 Å². The van der Waals surface area contributed by atoms with Gasteiger partial charge < -0.3 is 15.0 Å². The van der Waals surface area contributed by atoms with Gasteiger partial charge in [-0.2, -0.15) is 0 Å². The molecule has 0 aliphatic heterocycles. The van der Waals surface area contributed by atoms with Gasteiger partial charge in [0.2, 0.25) is 0 Å². The SMILES string of the molecule is CC(C)(C)OC(=O)NCc1cnc2[nH]cc(I)c2c1. The van der Waals surface area contributed by atoms with Crippen molar-refractivity contribution in [2.75, 3.05) is 0 Å². The molecule has 19 heavy (non-hydrogen) atoms. The first-order chi connectivity index (χ1) is 8.85. The highest BCUT2D eigenvalue weighted by Crippen LogP contribution is 2.19. The molecule has 2 aromatic heterocycles. The third-order valence-corrected chi connectivity index (χ3v) is 3.27. The van der Waals surface area contributed by atoms with Crippen LogP contribution in [-0.4, -0.2) is 21.7 Å². The Bertz CT molecular complexity index is 601. The molecule has 0 saturated carbocycles. The standard InChI is InChI=1S/C13H16IN3O2/c1-13(2,3)19-12(18)17-6-8-4-9-10(14)7-16-11(9)15-5-8/h4-5,7H,6H2,1-3H3,(H,15,16)(H,17,18). The van der Waals surface area contributed by atoms with Crippen molar-refractivity contribution >= 4 is 39.7 Å². The van der Waals surface area contributed by atoms with Gasteiger partial charge >= 0.3 is 6.09 Å². The zero-order valence-electron chi connectivity index (χ0n) is 11.1. The molecule has 0 spiro atoms. The van der Waals surface area contributed by atoms with E-state index >= 15 is 0 Å². The molecule has 0 atom stereocenters. The van der Waals surface area contributed by atoms with Crippen LogP contribution in [0.1, 0.15) is 26.3 Å². The number of ether oxygens (including phenoxy) is 1. The number of amides is 1. The van der Waals surface area contributed by atoms with Crippen molar-refractivity contribution in [1.82, 2.24) is 15.3 Å². The first-order valence-corrected chi connectivity index (χ1v) is 7.01. The summed E-state index contributed by atoms with van der Waals surface area (Å²) in [6, 6.07) is 2.01. The summed E-state index contributed by atoms with van der Waals surface area (Å²) in [4.78, 5) is 18.9. The zero-order valence-corrected chi connectivity index (χ0v) is 13.2. The number of carbonyl (C=O) groups is 1. The topological polar surface area (TPSA) is 67.0 Å².